The molecule has 0 spiro atoms. The van der Waals surface area contributed by atoms with Crippen molar-refractivity contribution in [2.75, 3.05) is 11.9 Å². The van der Waals surface area contributed by atoms with E-state index in [9.17, 15) is 4.79 Å². The second-order valence-electron chi connectivity index (χ2n) is 3.05. The first kappa shape index (κ1) is 10.2. The molecule has 4 nitrogen and oxygen atoms in total. The molecule has 1 aromatic heterocycles. The molecule has 0 fully saturated rings. The van der Waals surface area contributed by atoms with Gasteiger partial charge in [0, 0.05) is 12.7 Å². The Kier molecular flexibility index (Phi) is 3.23. The molecule has 1 rings (SSSR count). The molecule has 0 aliphatic rings. The van der Waals surface area contributed by atoms with E-state index in [0.29, 0.717) is 12.4 Å². The lowest BCUT2D eigenvalue weighted by atomic mass is 10.3. The third kappa shape index (κ3) is 2.90. The number of pyridine rings is 1. The molecule has 0 saturated carbocycles. The Morgan fingerprint density at radius 1 is 1.64 bits per heavy atom. The maximum absolute atomic E-state index is 10.5. The number of aromatic nitrogens is 1. The third-order valence-corrected chi connectivity index (χ3v) is 1.58. The smallest absolute Gasteiger partial charge is 0.337 e. The number of aromatic carboxylic acids is 1. The highest BCUT2D eigenvalue weighted by Crippen LogP contribution is 2.05. The van der Waals surface area contributed by atoms with Crippen LogP contribution in [0.25, 0.3) is 0 Å². The predicted octanol–water partition coefficient (Wildman–Crippen LogP) is 1.77. The number of hydrogen-bond acceptors (Lipinski definition) is 3. The van der Waals surface area contributed by atoms with E-state index < -0.39 is 5.97 Å². The van der Waals surface area contributed by atoms with E-state index in [1.54, 1.807) is 6.07 Å². The molecule has 0 aliphatic carbocycles. The highest BCUT2D eigenvalue weighted by atomic mass is 16.4. The molecule has 14 heavy (non-hydrogen) atoms. The average Bonchev–Trinajstić information content (AvgIpc) is 2.15. The van der Waals surface area contributed by atoms with Crippen molar-refractivity contribution in [3.8, 4) is 0 Å². The van der Waals surface area contributed by atoms with Crippen LogP contribution in [0.4, 0.5) is 5.82 Å². The molecule has 0 bridgehead atoms. The van der Waals surface area contributed by atoms with Gasteiger partial charge >= 0.3 is 5.97 Å². The number of nitrogens with one attached hydrogen (secondary N) is 1. The predicted molar refractivity (Wildman–Crippen MR) is 54.5 cm³/mol. The van der Waals surface area contributed by atoms with Gasteiger partial charge in [-0.2, -0.15) is 0 Å². The van der Waals surface area contributed by atoms with Crippen molar-refractivity contribution in [3.63, 3.8) is 0 Å². The summed E-state index contributed by atoms with van der Waals surface area (Å²) in [4.78, 5) is 14.4. The van der Waals surface area contributed by atoms with Crippen LogP contribution in [0.2, 0.25) is 0 Å². The molecule has 0 amide bonds. The van der Waals surface area contributed by atoms with Gasteiger partial charge in [-0.1, -0.05) is 12.2 Å². The van der Waals surface area contributed by atoms with Gasteiger partial charge < -0.3 is 10.4 Å². The van der Waals surface area contributed by atoms with E-state index in [0.717, 1.165) is 5.57 Å². The zero-order chi connectivity index (χ0) is 10.6. The molecule has 0 aliphatic heterocycles. The fraction of sp³-hybridized carbons (Fsp3) is 0.200. The van der Waals surface area contributed by atoms with Crippen molar-refractivity contribution in [1.29, 1.82) is 0 Å². The van der Waals surface area contributed by atoms with E-state index in [1.165, 1.54) is 12.3 Å². The molecule has 1 heterocycles. The molecule has 2 N–H and O–H groups in total. The van der Waals surface area contributed by atoms with Gasteiger partial charge in [0.1, 0.15) is 5.82 Å². The summed E-state index contributed by atoms with van der Waals surface area (Å²) in [5.74, 6) is -0.318. The standard InChI is InChI=1S/C10H12N2O2/c1-7(2)5-11-9-4-3-8(6-12-9)10(13)14/h3-4,6H,1,5H2,2H3,(H,11,12)(H,13,14). The van der Waals surface area contributed by atoms with Gasteiger partial charge in [-0.3, -0.25) is 0 Å². The summed E-state index contributed by atoms with van der Waals surface area (Å²) < 4.78 is 0. The fourth-order valence-electron chi connectivity index (χ4n) is 0.866. The quantitative estimate of drug-likeness (QED) is 0.713. The Morgan fingerprint density at radius 3 is 2.79 bits per heavy atom. The van der Waals surface area contributed by atoms with E-state index in [4.69, 9.17) is 5.11 Å². The van der Waals surface area contributed by atoms with E-state index in [-0.39, 0.29) is 5.56 Å². The summed E-state index contributed by atoms with van der Waals surface area (Å²) >= 11 is 0. The topological polar surface area (TPSA) is 62.2 Å². The number of nitrogens with zero attached hydrogens (tertiary/aromatic N) is 1. The summed E-state index contributed by atoms with van der Waals surface area (Å²) in [5, 5.41) is 11.6. The Morgan fingerprint density at radius 2 is 2.36 bits per heavy atom. The van der Waals surface area contributed by atoms with E-state index in [2.05, 4.69) is 16.9 Å². The van der Waals surface area contributed by atoms with Crippen LogP contribution in [0.5, 0.6) is 0 Å². The molecule has 1 aromatic rings. The van der Waals surface area contributed by atoms with Crippen LogP contribution in [0.3, 0.4) is 0 Å². The minimum atomic E-state index is -0.969. The number of rotatable bonds is 4. The normalized spacial score (nSPS) is 9.50. The molecular formula is C10H12N2O2. The summed E-state index contributed by atoms with van der Waals surface area (Å²) in [6.45, 7) is 6.27. The van der Waals surface area contributed by atoms with E-state index >= 15 is 0 Å². The molecule has 0 saturated heterocycles. The van der Waals surface area contributed by atoms with Gasteiger partial charge in [-0.25, -0.2) is 9.78 Å². The second kappa shape index (κ2) is 4.41. The molecule has 0 unspecified atom stereocenters. The maximum atomic E-state index is 10.5. The minimum Gasteiger partial charge on any atom is -0.478 e. The van der Waals surface area contributed by atoms with Crippen molar-refractivity contribution in [2.45, 2.75) is 6.92 Å². The van der Waals surface area contributed by atoms with Gasteiger partial charge in [0.15, 0.2) is 0 Å². The van der Waals surface area contributed by atoms with Crippen LogP contribution >= 0.6 is 0 Å². The fourth-order valence-corrected chi connectivity index (χ4v) is 0.866. The van der Waals surface area contributed by atoms with Crippen LogP contribution in [-0.2, 0) is 0 Å². The van der Waals surface area contributed by atoms with Crippen molar-refractivity contribution in [1.82, 2.24) is 4.98 Å². The lowest BCUT2D eigenvalue weighted by Gasteiger charge is -2.04. The summed E-state index contributed by atoms with van der Waals surface area (Å²) in [6.07, 6.45) is 1.32. The summed E-state index contributed by atoms with van der Waals surface area (Å²) in [7, 11) is 0. The van der Waals surface area contributed by atoms with E-state index in [1.807, 2.05) is 6.92 Å². The zero-order valence-corrected chi connectivity index (χ0v) is 7.95. The van der Waals surface area contributed by atoms with Gasteiger partial charge in [-0.05, 0) is 19.1 Å². The highest BCUT2D eigenvalue weighted by Gasteiger charge is 2.01. The molecule has 4 heteroatoms. The molecular weight excluding hydrogens is 180 g/mol. The van der Waals surface area contributed by atoms with Crippen LogP contribution < -0.4 is 5.32 Å². The first-order valence-electron chi connectivity index (χ1n) is 4.17. The van der Waals surface area contributed by atoms with Gasteiger partial charge in [0.25, 0.3) is 0 Å². The second-order valence-corrected chi connectivity index (χ2v) is 3.05. The SMILES string of the molecule is C=C(C)CNc1ccc(C(=O)O)cn1. The number of carbonyl (C=O) groups is 1. The number of carboxylic acids is 1. The maximum Gasteiger partial charge on any atom is 0.337 e. The van der Waals surface area contributed by atoms with Crippen LogP contribution in [0, 0.1) is 0 Å². The Labute approximate surface area is 82.3 Å². The van der Waals surface area contributed by atoms with Crippen molar-refractivity contribution in [2.24, 2.45) is 0 Å². The molecule has 0 atom stereocenters. The monoisotopic (exact) mass is 192 g/mol. The molecule has 0 aromatic carbocycles. The van der Waals surface area contributed by atoms with Crippen molar-refractivity contribution in [3.05, 3.63) is 36.0 Å². The van der Waals surface area contributed by atoms with Crippen LogP contribution in [0.1, 0.15) is 17.3 Å². The number of carboxylic acid groups (broad SMARTS) is 1. The first-order chi connectivity index (χ1) is 6.59. The van der Waals surface area contributed by atoms with Gasteiger partial charge in [0.2, 0.25) is 0 Å². The average molecular weight is 192 g/mol. The third-order valence-electron chi connectivity index (χ3n) is 1.58. The van der Waals surface area contributed by atoms with Crippen LogP contribution in [0.15, 0.2) is 30.5 Å². The Bertz CT molecular complexity index is 344. The van der Waals surface area contributed by atoms with Crippen molar-refractivity contribution < 1.29 is 9.90 Å². The first-order valence-corrected chi connectivity index (χ1v) is 4.17. The largest absolute Gasteiger partial charge is 0.478 e. The summed E-state index contributed by atoms with van der Waals surface area (Å²) in [6, 6.07) is 3.14. The van der Waals surface area contributed by atoms with Gasteiger partial charge in [0.05, 0.1) is 5.56 Å². The van der Waals surface area contributed by atoms with Crippen molar-refractivity contribution >= 4 is 11.8 Å². The van der Waals surface area contributed by atoms with Gasteiger partial charge in [-0.15, -0.1) is 0 Å². The Balaban J connectivity index is 2.64. The summed E-state index contributed by atoms with van der Waals surface area (Å²) in [5.41, 5.74) is 1.18. The minimum absolute atomic E-state index is 0.186. The number of hydrogen-bond donors (Lipinski definition) is 2. The lowest BCUT2D eigenvalue weighted by Crippen LogP contribution is -2.04. The molecule has 74 valence electrons. The number of anilines is 1. The Hall–Kier alpha value is -1.84. The van der Waals surface area contributed by atoms with Crippen LogP contribution in [-0.4, -0.2) is 22.6 Å². The lowest BCUT2D eigenvalue weighted by molar-refractivity contribution is 0.0696. The highest BCUT2D eigenvalue weighted by molar-refractivity contribution is 5.87. The molecule has 0 radical (unpaired) electrons. The zero-order valence-electron chi connectivity index (χ0n) is 7.95.